The largest absolute Gasteiger partial charge is 0.473 e. The Morgan fingerprint density at radius 1 is 1.08 bits per heavy atom. The molecule has 2 aromatic carbocycles. The summed E-state index contributed by atoms with van der Waals surface area (Å²) in [5.74, 6) is -4.32. The smallest absolute Gasteiger partial charge is 0.309 e. The van der Waals surface area contributed by atoms with E-state index in [1.165, 1.54) is 48.7 Å². The molecular formula is C25H24F2N2O6S2. The third-order valence-electron chi connectivity index (χ3n) is 5.86. The van der Waals surface area contributed by atoms with Gasteiger partial charge in [0.25, 0.3) is 5.91 Å². The summed E-state index contributed by atoms with van der Waals surface area (Å²) < 4.78 is 64.7. The lowest BCUT2D eigenvalue weighted by Gasteiger charge is -2.22. The summed E-state index contributed by atoms with van der Waals surface area (Å²) in [6.45, 7) is 1.20. The highest BCUT2D eigenvalue weighted by Gasteiger charge is 2.30. The third-order valence-corrected chi connectivity index (χ3v) is 8.88. The molecule has 1 amide bonds. The van der Waals surface area contributed by atoms with E-state index in [4.69, 9.17) is 9.47 Å². The molecule has 1 saturated carbocycles. The summed E-state index contributed by atoms with van der Waals surface area (Å²) in [6, 6.07) is 8.89. The quantitative estimate of drug-likeness (QED) is 0.383. The van der Waals surface area contributed by atoms with Crippen LogP contribution in [-0.2, 0) is 19.4 Å². The van der Waals surface area contributed by atoms with Crippen LogP contribution in [0.1, 0.15) is 50.7 Å². The lowest BCUT2D eigenvalue weighted by atomic mass is 10.0. The number of hydrogen-bond acceptors (Lipinski definition) is 8. The van der Waals surface area contributed by atoms with Gasteiger partial charge in [-0.25, -0.2) is 12.8 Å². The molecule has 0 saturated heterocycles. The zero-order valence-electron chi connectivity index (χ0n) is 19.8. The Hall–Kier alpha value is -3.38. The van der Waals surface area contributed by atoms with Crippen molar-refractivity contribution in [3.8, 4) is 11.6 Å². The second kappa shape index (κ2) is 11.3. The number of rotatable bonds is 8. The summed E-state index contributed by atoms with van der Waals surface area (Å²) in [4.78, 5) is 28.4. The molecule has 1 N–H and O–H groups in total. The van der Waals surface area contributed by atoms with Crippen LogP contribution >= 0.6 is 11.3 Å². The second-order valence-electron chi connectivity index (χ2n) is 8.50. The van der Waals surface area contributed by atoms with Crippen molar-refractivity contribution in [2.24, 2.45) is 0 Å². The van der Waals surface area contributed by atoms with Gasteiger partial charge in [-0.1, -0.05) is 37.5 Å². The summed E-state index contributed by atoms with van der Waals surface area (Å²) >= 11 is 0.977. The number of esters is 1. The van der Waals surface area contributed by atoms with Crippen molar-refractivity contribution in [3.05, 3.63) is 65.0 Å². The van der Waals surface area contributed by atoms with E-state index >= 15 is 0 Å². The fraction of sp³-hybridized carbons (Fsp3) is 0.320. The minimum absolute atomic E-state index is 0.0151. The zero-order valence-corrected chi connectivity index (χ0v) is 21.4. The van der Waals surface area contributed by atoms with Crippen LogP contribution in [0.15, 0.2) is 52.7 Å². The van der Waals surface area contributed by atoms with Crippen LogP contribution in [0.25, 0.3) is 0 Å². The maximum absolute atomic E-state index is 14.3. The van der Waals surface area contributed by atoms with Crippen LogP contribution in [0, 0.1) is 11.6 Å². The molecule has 1 unspecified atom stereocenters. The van der Waals surface area contributed by atoms with Gasteiger partial charge < -0.3 is 9.47 Å². The molecule has 196 valence electrons. The van der Waals surface area contributed by atoms with E-state index in [0.29, 0.717) is 12.8 Å². The number of nitrogens with zero attached hydrogens (tertiary/aromatic N) is 1. The Kier molecular flexibility index (Phi) is 8.18. The Balaban J connectivity index is 1.61. The predicted molar refractivity (Wildman–Crippen MR) is 132 cm³/mol. The minimum atomic E-state index is -3.55. The number of carbonyl (C=O) groups excluding carboxylic acids is 2. The molecule has 1 aromatic heterocycles. The number of aromatic nitrogens is 1. The molecule has 1 atom stereocenters. The van der Waals surface area contributed by atoms with Crippen molar-refractivity contribution in [1.82, 2.24) is 4.98 Å². The number of thiazole rings is 1. The first-order valence-electron chi connectivity index (χ1n) is 11.5. The van der Waals surface area contributed by atoms with Gasteiger partial charge >= 0.3 is 5.97 Å². The minimum Gasteiger partial charge on any atom is -0.473 e. The second-order valence-corrected chi connectivity index (χ2v) is 11.6. The number of hydrogen-bond donors (Lipinski definition) is 1. The molecule has 3 aromatic rings. The number of amides is 1. The van der Waals surface area contributed by atoms with Crippen molar-refractivity contribution in [2.45, 2.75) is 55.3 Å². The first-order chi connectivity index (χ1) is 17.6. The lowest BCUT2D eigenvalue weighted by Crippen LogP contribution is -2.26. The van der Waals surface area contributed by atoms with Gasteiger partial charge in [0, 0.05) is 12.5 Å². The van der Waals surface area contributed by atoms with Gasteiger partial charge in [0.05, 0.1) is 15.5 Å². The highest BCUT2D eigenvalue weighted by atomic mass is 32.2. The molecule has 0 aliphatic heterocycles. The van der Waals surface area contributed by atoms with E-state index < -0.39 is 50.5 Å². The molecule has 1 fully saturated rings. The van der Waals surface area contributed by atoms with E-state index in [0.717, 1.165) is 36.7 Å². The van der Waals surface area contributed by atoms with Crippen LogP contribution in [0.3, 0.4) is 0 Å². The Bertz CT molecular complexity index is 1390. The molecule has 4 rings (SSSR count). The normalized spacial score (nSPS) is 15.1. The first kappa shape index (κ1) is 26.7. The van der Waals surface area contributed by atoms with Gasteiger partial charge in [-0.15, -0.1) is 11.3 Å². The van der Waals surface area contributed by atoms with E-state index in [1.54, 1.807) is 0 Å². The first-order valence-corrected chi connectivity index (χ1v) is 14.0. The summed E-state index contributed by atoms with van der Waals surface area (Å²) in [5, 5.41) is 3.53. The molecule has 0 bridgehead atoms. The van der Waals surface area contributed by atoms with Crippen LogP contribution in [0.4, 0.5) is 13.9 Å². The predicted octanol–water partition coefficient (Wildman–Crippen LogP) is 5.21. The highest BCUT2D eigenvalue weighted by Crippen LogP contribution is 2.32. The Morgan fingerprint density at radius 3 is 2.46 bits per heavy atom. The van der Waals surface area contributed by atoms with Gasteiger partial charge in [0.15, 0.2) is 26.5 Å². The number of ether oxygens (including phenoxy) is 2. The van der Waals surface area contributed by atoms with Crippen molar-refractivity contribution in [2.75, 3.05) is 5.32 Å². The molecular weight excluding hydrogens is 526 g/mol. The molecule has 0 radical (unpaired) electrons. The number of nitrogens with one attached hydrogen (secondary N) is 1. The molecule has 37 heavy (non-hydrogen) atoms. The number of anilines is 1. The number of carbonyl (C=O) groups is 2. The summed E-state index contributed by atoms with van der Waals surface area (Å²) in [7, 11) is -3.55. The molecule has 1 heterocycles. The fourth-order valence-corrected chi connectivity index (χ4v) is 6.53. The summed E-state index contributed by atoms with van der Waals surface area (Å²) in [6.07, 6.45) is 2.43. The fourth-order valence-electron chi connectivity index (χ4n) is 4.06. The number of halogens is 2. The van der Waals surface area contributed by atoms with Crippen molar-refractivity contribution < 1.29 is 36.3 Å². The average molecular weight is 551 g/mol. The van der Waals surface area contributed by atoms with Gasteiger partial charge in [-0.3, -0.25) is 14.9 Å². The van der Waals surface area contributed by atoms with Crippen molar-refractivity contribution in [3.63, 3.8) is 0 Å². The average Bonchev–Trinajstić information content (AvgIpc) is 3.31. The number of sulfone groups is 1. The highest BCUT2D eigenvalue weighted by molar-refractivity contribution is 7.92. The van der Waals surface area contributed by atoms with Crippen LogP contribution in [0.2, 0.25) is 0 Å². The monoisotopic (exact) mass is 550 g/mol. The van der Waals surface area contributed by atoms with Gasteiger partial charge in [-0.2, -0.15) is 9.37 Å². The zero-order chi connectivity index (χ0) is 26.6. The van der Waals surface area contributed by atoms with E-state index in [2.05, 4.69) is 10.3 Å². The van der Waals surface area contributed by atoms with E-state index in [-0.39, 0.29) is 21.5 Å². The molecule has 12 heteroatoms. The maximum atomic E-state index is 14.3. The van der Waals surface area contributed by atoms with Crippen molar-refractivity contribution >= 4 is 38.2 Å². The topological polar surface area (TPSA) is 112 Å². The van der Waals surface area contributed by atoms with E-state index in [9.17, 15) is 26.8 Å². The standard InChI is InChI=1S/C25H24F2N2O6S2/c1-15(30)34-21-14-36-25(28-21)29-24(31)23(35-20-9-5-8-19(26)22(20)27)16-10-12-18(13-11-16)37(32,33)17-6-3-2-4-7-17/h5,8-14,17,23H,2-4,6-7H2,1H3,(H,28,29,31). The van der Waals surface area contributed by atoms with Crippen LogP contribution in [0.5, 0.6) is 11.6 Å². The van der Waals surface area contributed by atoms with Gasteiger partial charge in [-0.05, 0) is 37.1 Å². The van der Waals surface area contributed by atoms with Gasteiger partial charge in [0.2, 0.25) is 17.8 Å². The number of benzene rings is 2. The SMILES string of the molecule is CC(=O)Oc1csc(NC(=O)C(Oc2cccc(F)c2F)c2ccc(S(=O)(=O)C3CCCCC3)cc2)n1. The molecule has 1 aliphatic rings. The molecule has 0 spiro atoms. The molecule has 8 nitrogen and oxygen atoms in total. The molecule has 1 aliphatic carbocycles. The van der Waals surface area contributed by atoms with Gasteiger partial charge in [0.1, 0.15) is 0 Å². The van der Waals surface area contributed by atoms with Crippen molar-refractivity contribution in [1.29, 1.82) is 0 Å². The Morgan fingerprint density at radius 2 is 1.78 bits per heavy atom. The lowest BCUT2D eigenvalue weighted by molar-refractivity contribution is -0.132. The third kappa shape index (κ3) is 6.31. The van der Waals surface area contributed by atoms with Crippen LogP contribution < -0.4 is 14.8 Å². The Labute approximate surface area is 216 Å². The summed E-state index contributed by atoms with van der Waals surface area (Å²) in [5.41, 5.74) is 0.209. The van der Waals surface area contributed by atoms with Crippen LogP contribution in [-0.4, -0.2) is 30.5 Å². The maximum Gasteiger partial charge on any atom is 0.309 e. The van der Waals surface area contributed by atoms with E-state index in [1.807, 2.05) is 0 Å².